The summed E-state index contributed by atoms with van der Waals surface area (Å²) in [5.41, 5.74) is 5.69. The first-order valence-electron chi connectivity index (χ1n) is 5.10. The molecule has 7 heteroatoms. The highest BCUT2D eigenvalue weighted by Gasteiger charge is 2.09. The van der Waals surface area contributed by atoms with E-state index in [1.165, 1.54) is 6.20 Å². The first-order valence-corrected chi connectivity index (χ1v) is 6.65. The smallest absolute Gasteiger partial charge is 0.147 e. The van der Waals surface area contributed by atoms with Gasteiger partial charge in [0.25, 0.3) is 0 Å². The fraction of sp³-hybridized carbons (Fsp3) is 0. The van der Waals surface area contributed by atoms with Gasteiger partial charge in [0.2, 0.25) is 0 Å². The molecule has 0 aliphatic heterocycles. The number of nitrogens with zero attached hydrogens (tertiary/aromatic N) is 1. The Labute approximate surface area is 128 Å². The summed E-state index contributed by atoms with van der Waals surface area (Å²) in [6, 6.07) is 6.43. The van der Waals surface area contributed by atoms with Gasteiger partial charge in [-0.1, -0.05) is 23.2 Å². The summed E-state index contributed by atoms with van der Waals surface area (Å²) in [6.07, 6.45) is 1.50. The van der Waals surface area contributed by atoms with Crippen LogP contribution in [0.5, 0.6) is 11.5 Å². The maximum Gasteiger partial charge on any atom is 0.147 e. The molecule has 3 N–H and O–H groups in total. The van der Waals surface area contributed by atoms with E-state index in [0.29, 0.717) is 31.7 Å². The van der Waals surface area contributed by atoms with Gasteiger partial charge in [0.1, 0.15) is 23.0 Å². The van der Waals surface area contributed by atoms with Crippen LogP contribution < -0.4 is 10.5 Å². The number of ether oxygens (including phenoxy) is 1. The highest BCUT2D eigenvalue weighted by Crippen LogP contribution is 2.36. The molecule has 0 spiro atoms. The van der Waals surface area contributed by atoms with Gasteiger partial charge in [-0.3, -0.25) is 10.4 Å². The van der Waals surface area contributed by atoms with Crippen LogP contribution in [0.25, 0.3) is 0 Å². The van der Waals surface area contributed by atoms with Gasteiger partial charge in [0.05, 0.1) is 10.0 Å². The molecule has 1 heterocycles. The van der Waals surface area contributed by atoms with Crippen LogP contribution in [0.2, 0.25) is 10.0 Å². The molecule has 0 fully saturated rings. The number of pyridine rings is 1. The summed E-state index contributed by atoms with van der Waals surface area (Å²) in [5, 5.41) is 8.22. The normalized spacial score (nSPS) is 10.3. The lowest BCUT2D eigenvalue weighted by Crippen LogP contribution is -2.12. The van der Waals surface area contributed by atoms with Crippen LogP contribution in [0.3, 0.4) is 0 Å². The molecule has 0 aliphatic rings. The van der Waals surface area contributed by atoms with E-state index in [2.05, 4.69) is 20.9 Å². The summed E-state index contributed by atoms with van der Waals surface area (Å²) in [4.78, 5) is 3.94. The molecule has 0 radical (unpaired) electrons. The van der Waals surface area contributed by atoms with Crippen molar-refractivity contribution >= 4 is 45.0 Å². The molecule has 98 valence electrons. The van der Waals surface area contributed by atoms with Gasteiger partial charge < -0.3 is 10.5 Å². The van der Waals surface area contributed by atoms with Crippen LogP contribution in [0, 0.1) is 5.41 Å². The number of benzene rings is 1. The first-order chi connectivity index (χ1) is 8.97. The van der Waals surface area contributed by atoms with Crippen molar-refractivity contribution in [2.24, 2.45) is 5.73 Å². The second-order valence-corrected chi connectivity index (χ2v) is 5.26. The topological polar surface area (TPSA) is 72.0 Å². The number of nitrogens with one attached hydrogen (secondary N) is 1. The number of nitrogens with two attached hydrogens (primary N) is 1. The molecular formula is C12H8BrCl2N3O. The zero-order valence-electron chi connectivity index (χ0n) is 9.45. The first kappa shape index (κ1) is 14.1. The summed E-state index contributed by atoms with van der Waals surface area (Å²) >= 11 is 15.3. The minimum Gasteiger partial charge on any atom is -0.456 e. The maximum absolute atomic E-state index is 7.32. The molecule has 0 saturated carbocycles. The number of nitrogen functional groups attached to an aromatic ring is 1. The Bertz CT molecular complexity index is 649. The highest BCUT2D eigenvalue weighted by atomic mass is 79.9. The van der Waals surface area contributed by atoms with E-state index in [0.717, 1.165) is 0 Å². The summed E-state index contributed by atoms with van der Waals surface area (Å²) in [7, 11) is 0. The van der Waals surface area contributed by atoms with Gasteiger partial charge >= 0.3 is 0 Å². The van der Waals surface area contributed by atoms with Crippen molar-refractivity contribution in [3.63, 3.8) is 0 Å². The monoisotopic (exact) mass is 359 g/mol. The lowest BCUT2D eigenvalue weighted by Gasteiger charge is -2.09. The molecule has 0 bridgehead atoms. The Kier molecular flexibility index (Phi) is 4.29. The van der Waals surface area contributed by atoms with Gasteiger partial charge in [-0.2, -0.15) is 0 Å². The fourth-order valence-corrected chi connectivity index (χ4v) is 2.16. The molecule has 0 aliphatic carbocycles. The van der Waals surface area contributed by atoms with Gasteiger partial charge in [-0.25, -0.2) is 0 Å². The summed E-state index contributed by atoms with van der Waals surface area (Å²) in [5.74, 6) is 0.751. The standard InChI is InChI=1S/C12H8BrCl2N3O/c13-7-4-9(15)11(5-8(7)14)19-6-1-2-18-10(3-6)12(16)17/h1-5H,(H3,16,17). The summed E-state index contributed by atoms with van der Waals surface area (Å²) in [6.45, 7) is 0. The van der Waals surface area contributed by atoms with Crippen molar-refractivity contribution in [2.75, 3.05) is 0 Å². The Morgan fingerprint density at radius 1 is 1.26 bits per heavy atom. The molecule has 0 amide bonds. The Balaban J connectivity index is 2.33. The molecule has 1 aromatic carbocycles. The van der Waals surface area contributed by atoms with Crippen LogP contribution in [0.1, 0.15) is 5.69 Å². The van der Waals surface area contributed by atoms with Crippen LogP contribution in [-0.2, 0) is 0 Å². The Morgan fingerprint density at radius 2 is 2.00 bits per heavy atom. The fourth-order valence-electron chi connectivity index (χ4n) is 1.33. The van der Waals surface area contributed by atoms with E-state index in [1.807, 2.05) is 0 Å². The lowest BCUT2D eigenvalue weighted by atomic mass is 10.3. The van der Waals surface area contributed by atoms with Crippen molar-refractivity contribution in [3.8, 4) is 11.5 Å². The van der Waals surface area contributed by atoms with Crippen LogP contribution in [0.15, 0.2) is 34.9 Å². The summed E-state index contributed by atoms with van der Waals surface area (Å²) < 4.78 is 6.29. The third kappa shape index (κ3) is 3.37. The van der Waals surface area contributed by atoms with Gasteiger partial charge in [-0.15, -0.1) is 0 Å². The van der Waals surface area contributed by atoms with Crippen molar-refractivity contribution in [3.05, 3.63) is 50.7 Å². The second kappa shape index (κ2) is 5.77. The van der Waals surface area contributed by atoms with Crippen LogP contribution >= 0.6 is 39.1 Å². The maximum atomic E-state index is 7.32. The van der Waals surface area contributed by atoms with E-state index < -0.39 is 0 Å². The van der Waals surface area contributed by atoms with Crippen LogP contribution in [0.4, 0.5) is 0 Å². The van der Waals surface area contributed by atoms with Crippen molar-refractivity contribution < 1.29 is 4.74 Å². The second-order valence-electron chi connectivity index (χ2n) is 3.59. The van der Waals surface area contributed by atoms with E-state index in [-0.39, 0.29) is 5.84 Å². The van der Waals surface area contributed by atoms with Gasteiger partial charge in [0, 0.05) is 22.8 Å². The zero-order valence-corrected chi connectivity index (χ0v) is 12.6. The Morgan fingerprint density at radius 3 is 2.68 bits per heavy atom. The quantitative estimate of drug-likeness (QED) is 0.488. The van der Waals surface area contributed by atoms with Crippen LogP contribution in [-0.4, -0.2) is 10.8 Å². The van der Waals surface area contributed by atoms with E-state index >= 15 is 0 Å². The molecule has 1 aromatic heterocycles. The number of hydrogen-bond donors (Lipinski definition) is 2. The third-order valence-corrected chi connectivity index (χ3v) is 3.70. The SMILES string of the molecule is N=C(N)c1cc(Oc2cc(Cl)c(Br)cc2Cl)ccn1. The largest absolute Gasteiger partial charge is 0.456 e. The van der Waals surface area contributed by atoms with Gasteiger partial charge in [-0.05, 0) is 28.1 Å². The number of rotatable bonds is 3. The predicted octanol–water partition coefficient (Wildman–Crippen LogP) is 4.23. The van der Waals surface area contributed by atoms with Crippen molar-refractivity contribution in [1.82, 2.24) is 4.98 Å². The van der Waals surface area contributed by atoms with Gasteiger partial charge in [0.15, 0.2) is 0 Å². The third-order valence-electron chi connectivity index (χ3n) is 2.21. The average Bonchev–Trinajstić information content (AvgIpc) is 2.36. The molecular weight excluding hydrogens is 353 g/mol. The van der Waals surface area contributed by atoms with E-state index in [4.69, 9.17) is 39.1 Å². The molecule has 0 saturated heterocycles. The lowest BCUT2D eigenvalue weighted by molar-refractivity contribution is 0.482. The molecule has 19 heavy (non-hydrogen) atoms. The van der Waals surface area contributed by atoms with Crippen molar-refractivity contribution in [2.45, 2.75) is 0 Å². The minimum atomic E-state index is -0.134. The molecule has 4 nitrogen and oxygen atoms in total. The molecule has 0 unspecified atom stereocenters. The van der Waals surface area contributed by atoms with Crippen molar-refractivity contribution in [1.29, 1.82) is 5.41 Å². The van der Waals surface area contributed by atoms with E-state index in [9.17, 15) is 0 Å². The highest BCUT2D eigenvalue weighted by molar-refractivity contribution is 9.10. The minimum absolute atomic E-state index is 0.134. The Hall–Kier alpha value is -1.30. The van der Waals surface area contributed by atoms with E-state index in [1.54, 1.807) is 24.3 Å². The molecule has 2 aromatic rings. The number of aromatic nitrogens is 1. The number of halogens is 3. The molecule has 2 rings (SSSR count). The predicted molar refractivity (Wildman–Crippen MR) is 79.5 cm³/mol. The average molecular weight is 361 g/mol. The number of amidine groups is 1. The molecule has 0 atom stereocenters. The zero-order chi connectivity index (χ0) is 14.0. The number of hydrogen-bond acceptors (Lipinski definition) is 3.